The normalized spacial score (nSPS) is 22.5. The number of hydrogen-bond donors (Lipinski definition) is 1. The van der Waals surface area contributed by atoms with Crippen LogP contribution in [-0.4, -0.2) is 34.6 Å². The summed E-state index contributed by atoms with van der Waals surface area (Å²) in [6.45, 7) is 3.65. The molecule has 114 valence electrons. The zero-order valence-electron chi connectivity index (χ0n) is 12.2. The SMILES string of the molecule is Cc1ccc(NC(=O)CN(C)C(=O)[C@@]2(C)CC2(Cl)Cl)cc1. The largest absolute Gasteiger partial charge is 0.336 e. The molecule has 21 heavy (non-hydrogen) atoms. The van der Waals surface area contributed by atoms with Gasteiger partial charge in [0.15, 0.2) is 0 Å². The van der Waals surface area contributed by atoms with Crippen molar-refractivity contribution >= 4 is 40.7 Å². The Bertz CT molecular complexity index is 572. The summed E-state index contributed by atoms with van der Waals surface area (Å²) in [4.78, 5) is 25.6. The van der Waals surface area contributed by atoms with Crippen LogP contribution in [0.25, 0.3) is 0 Å². The number of aryl methyl sites for hydroxylation is 1. The molecule has 0 saturated heterocycles. The summed E-state index contributed by atoms with van der Waals surface area (Å²) in [6, 6.07) is 7.45. The number of nitrogens with one attached hydrogen (secondary N) is 1. The van der Waals surface area contributed by atoms with Crippen LogP contribution < -0.4 is 5.32 Å². The van der Waals surface area contributed by atoms with Crippen molar-refractivity contribution in [3.8, 4) is 0 Å². The molecular formula is C15H18Cl2N2O2. The molecule has 4 nitrogen and oxygen atoms in total. The van der Waals surface area contributed by atoms with E-state index in [9.17, 15) is 9.59 Å². The summed E-state index contributed by atoms with van der Waals surface area (Å²) in [5, 5.41) is 2.75. The average molecular weight is 329 g/mol. The molecule has 1 atom stereocenters. The van der Waals surface area contributed by atoms with E-state index in [1.165, 1.54) is 4.90 Å². The van der Waals surface area contributed by atoms with Crippen molar-refractivity contribution in [1.82, 2.24) is 4.90 Å². The maximum absolute atomic E-state index is 12.3. The van der Waals surface area contributed by atoms with Gasteiger partial charge in [0.2, 0.25) is 11.8 Å². The molecule has 0 radical (unpaired) electrons. The number of nitrogens with zero attached hydrogens (tertiary/aromatic N) is 1. The van der Waals surface area contributed by atoms with Crippen molar-refractivity contribution in [3.63, 3.8) is 0 Å². The third-order valence-corrected chi connectivity index (χ3v) is 4.89. The van der Waals surface area contributed by atoms with E-state index in [4.69, 9.17) is 23.2 Å². The molecule has 1 saturated carbocycles. The summed E-state index contributed by atoms with van der Waals surface area (Å²) in [5.41, 5.74) is 1.02. The molecule has 0 bridgehead atoms. The van der Waals surface area contributed by atoms with E-state index in [-0.39, 0.29) is 18.4 Å². The number of likely N-dealkylation sites (N-methyl/N-ethyl adjacent to an activating group) is 1. The monoisotopic (exact) mass is 328 g/mol. The van der Waals surface area contributed by atoms with Crippen molar-refractivity contribution in [2.75, 3.05) is 18.9 Å². The Morgan fingerprint density at radius 1 is 1.29 bits per heavy atom. The van der Waals surface area contributed by atoms with Gasteiger partial charge in [-0.3, -0.25) is 9.59 Å². The van der Waals surface area contributed by atoms with Crippen LogP contribution >= 0.6 is 23.2 Å². The van der Waals surface area contributed by atoms with Gasteiger partial charge in [-0.1, -0.05) is 17.7 Å². The molecule has 0 spiro atoms. The lowest BCUT2D eigenvalue weighted by Gasteiger charge is -2.21. The first-order valence-electron chi connectivity index (χ1n) is 6.66. The second kappa shape index (κ2) is 5.50. The Labute approximate surface area is 134 Å². The molecule has 1 aliphatic carbocycles. The van der Waals surface area contributed by atoms with E-state index in [1.54, 1.807) is 14.0 Å². The van der Waals surface area contributed by atoms with Crippen LogP contribution in [0, 0.1) is 12.3 Å². The summed E-state index contributed by atoms with van der Waals surface area (Å²) in [6.07, 6.45) is 0.409. The van der Waals surface area contributed by atoms with Gasteiger partial charge in [-0.25, -0.2) is 0 Å². The Balaban J connectivity index is 1.91. The first-order chi connectivity index (χ1) is 9.65. The molecule has 0 aliphatic heterocycles. The first kappa shape index (κ1) is 16.1. The van der Waals surface area contributed by atoms with Crippen molar-refractivity contribution < 1.29 is 9.59 Å². The number of amides is 2. The van der Waals surface area contributed by atoms with Crippen LogP contribution in [-0.2, 0) is 9.59 Å². The first-order valence-corrected chi connectivity index (χ1v) is 7.41. The highest BCUT2D eigenvalue weighted by molar-refractivity contribution is 6.53. The lowest BCUT2D eigenvalue weighted by atomic mass is 10.1. The number of halogens is 2. The molecule has 0 unspecified atom stereocenters. The van der Waals surface area contributed by atoms with Crippen molar-refractivity contribution in [3.05, 3.63) is 29.8 Å². The van der Waals surface area contributed by atoms with Gasteiger partial charge in [-0.2, -0.15) is 0 Å². The highest BCUT2D eigenvalue weighted by Gasteiger charge is 2.68. The predicted molar refractivity (Wildman–Crippen MR) is 84.6 cm³/mol. The fourth-order valence-electron chi connectivity index (χ4n) is 2.18. The van der Waals surface area contributed by atoms with Gasteiger partial charge in [0.25, 0.3) is 0 Å². The molecule has 2 rings (SSSR count). The molecule has 1 aromatic rings. The fraction of sp³-hybridized carbons (Fsp3) is 0.467. The molecule has 1 N–H and O–H groups in total. The quantitative estimate of drug-likeness (QED) is 0.864. The van der Waals surface area contributed by atoms with Crippen LogP contribution in [0.15, 0.2) is 24.3 Å². The number of rotatable bonds is 4. The lowest BCUT2D eigenvalue weighted by Crippen LogP contribution is -2.40. The summed E-state index contributed by atoms with van der Waals surface area (Å²) < 4.78 is -1.02. The number of carbonyl (C=O) groups excluding carboxylic acids is 2. The van der Waals surface area contributed by atoms with Gasteiger partial charge in [0.05, 0.1) is 12.0 Å². The van der Waals surface area contributed by atoms with Gasteiger partial charge in [0.1, 0.15) is 4.33 Å². The Morgan fingerprint density at radius 2 is 1.81 bits per heavy atom. The zero-order chi connectivity index (χ0) is 15.8. The minimum absolute atomic E-state index is 0.0356. The highest BCUT2D eigenvalue weighted by Crippen LogP contribution is 2.64. The summed E-state index contributed by atoms with van der Waals surface area (Å²) in [5.74, 6) is -0.472. The van der Waals surface area contributed by atoms with E-state index in [0.717, 1.165) is 5.56 Å². The van der Waals surface area contributed by atoms with Gasteiger partial charge in [0, 0.05) is 12.7 Å². The minimum Gasteiger partial charge on any atom is -0.336 e. The minimum atomic E-state index is -1.02. The van der Waals surface area contributed by atoms with Crippen molar-refractivity contribution in [2.45, 2.75) is 24.6 Å². The Morgan fingerprint density at radius 3 is 2.29 bits per heavy atom. The Kier molecular flexibility index (Phi) is 4.22. The van der Waals surface area contributed by atoms with Crippen LogP contribution in [0.2, 0.25) is 0 Å². The Hall–Kier alpha value is -1.26. The van der Waals surface area contributed by atoms with E-state index in [2.05, 4.69) is 5.32 Å². The fourth-order valence-corrected chi connectivity index (χ4v) is 2.87. The predicted octanol–water partition coefficient (Wildman–Crippen LogP) is 2.98. The van der Waals surface area contributed by atoms with E-state index in [1.807, 2.05) is 31.2 Å². The number of benzene rings is 1. The van der Waals surface area contributed by atoms with Gasteiger partial charge in [-0.05, 0) is 32.4 Å². The van der Waals surface area contributed by atoms with E-state index >= 15 is 0 Å². The van der Waals surface area contributed by atoms with Gasteiger partial charge < -0.3 is 10.2 Å². The number of anilines is 1. The standard InChI is InChI=1S/C15H18Cl2N2O2/c1-10-4-6-11(7-5-10)18-12(20)8-19(3)13(21)14(2)9-15(14,16)17/h4-7H,8-9H2,1-3H3,(H,18,20)/t14-/m1/s1. The van der Waals surface area contributed by atoms with Gasteiger partial charge >= 0.3 is 0 Å². The zero-order valence-corrected chi connectivity index (χ0v) is 13.8. The third-order valence-electron chi connectivity index (χ3n) is 3.79. The van der Waals surface area contributed by atoms with Crippen molar-refractivity contribution in [1.29, 1.82) is 0 Å². The average Bonchev–Trinajstić information content (AvgIpc) is 2.91. The second-order valence-corrected chi connectivity index (χ2v) is 7.27. The molecule has 6 heteroatoms. The smallest absolute Gasteiger partial charge is 0.243 e. The molecular weight excluding hydrogens is 311 g/mol. The maximum Gasteiger partial charge on any atom is 0.243 e. The van der Waals surface area contributed by atoms with E-state index < -0.39 is 9.75 Å². The molecule has 2 amide bonds. The topological polar surface area (TPSA) is 49.4 Å². The van der Waals surface area contributed by atoms with Crippen LogP contribution in [0.5, 0.6) is 0 Å². The van der Waals surface area contributed by atoms with Crippen molar-refractivity contribution in [2.24, 2.45) is 5.41 Å². The molecule has 0 heterocycles. The number of carbonyl (C=O) groups is 2. The third kappa shape index (κ3) is 3.33. The summed E-state index contributed by atoms with van der Waals surface area (Å²) >= 11 is 12.0. The van der Waals surface area contributed by atoms with E-state index in [0.29, 0.717) is 12.1 Å². The lowest BCUT2D eigenvalue weighted by molar-refractivity contribution is -0.137. The van der Waals surface area contributed by atoms with Crippen LogP contribution in [0.4, 0.5) is 5.69 Å². The van der Waals surface area contributed by atoms with Crippen LogP contribution in [0.3, 0.4) is 0 Å². The number of hydrogen-bond acceptors (Lipinski definition) is 2. The number of alkyl halides is 2. The van der Waals surface area contributed by atoms with Gasteiger partial charge in [-0.15, -0.1) is 23.2 Å². The van der Waals surface area contributed by atoms with Crippen LogP contribution in [0.1, 0.15) is 18.9 Å². The molecule has 1 aliphatic rings. The second-order valence-electron chi connectivity index (χ2n) is 5.79. The molecule has 0 aromatic heterocycles. The molecule has 1 aromatic carbocycles. The highest BCUT2D eigenvalue weighted by atomic mass is 35.5. The maximum atomic E-state index is 12.3. The molecule has 1 fully saturated rings. The summed E-state index contributed by atoms with van der Waals surface area (Å²) in [7, 11) is 1.57.